The van der Waals surface area contributed by atoms with E-state index in [0.717, 1.165) is 5.56 Å². The zero-order valence-corrected chi connectivity index (χ0v) is 16.0. The van der Waals surface area contributed by atoms with Crippen LogP contribution in [-0.2, 0) is 4.79 Å². The van der Waals surface area contributed by atoms with E-state index in [2.05, 4.69) is 5.32 Å². The number of halogens is 1. The number of hydrogen-bond donors (Lipinski definition) is 2. The Kier molecular flexibility index (Phi) is 6.42. The van der Waals surface area contributed by atoms with Gasteiger partial charge in [0.1, 0.15) is 11.6 Å². The number of carbonyl (C=O) groups excluding carboxylic acids is 1. The molecule has 128 valence electrons. The lowest BCUT2D eigenvalue weighted by molar-refractivity contribution is -0.112. The lowest BCUT2D eigenvalue weighted by atomic mass is 10.1. The fourth-order valence-electron chi connectivity index (χ4n) is 2.09. The van der Waals surface area contributed by atoms with Gasteiger partial charge in [0.2, 0.25) is 0 Å². The molecule has 2 aromatic carbocycles. The molecule has 0 fully saturated rings. The van der Waals surface area contributed by atoms with E-state index < -0.39 is 5.91 Å². The van der Waals surface area contributed by atoms with Crippen LogP contribution in [0.15, 0.2) is 42.0 Å². The van der Waals surface area contributed by atoms with E-state index in [0.29, 0.717) is 27.2 Å². The van der Waals surface area contributed by atoms with Crippen molar-refractivity contribution in [2.24, 2.45) is 0 Å². The standard InChI is InChI=1S/C19H17IN2O3/c1-3-25-17-10-13(9-16(20)18(17)23)8-14(11-21)19(24)22-15-6-4-12(2)5-7-15/h4-10,23H,3H2,1-2H3,(H,22,24)/b14-8-. The molecular weight excluding hydrogens is 431 g/mol. The number of nitriles is 1. The van der Waals surface area contributed by atoms with Gasteiger partial charge in [0, 0.05) is 5.69 Å². The molecule has 5 nitrogen and oxygen atoms in total. The van der Waals surface area contributed by atoms with Gasteiger partial charge in [-0.2, -0.15) is 5.26 Å². The van der Waals surface area contributed by atoms with Gasteiger partial charge in [-0.15, -0.1) is 0 Å². The normalized spacial score (nSPS) is 10.9. The number of rotatable bonds is 5. The number of nitrogens with one attached hydrogen (secondary N) is 1. The summed E-state index contributed by atoms with van der Waals surface area (Å²) in [6.07, 6.45) is 1.47. The van der Waals surface area contributed by atoms with E-state index >= 15 is 0 Å². The SMILES string of the molecule is CCOc1cc(/C=C(/C#N)C(=O)Nc2ccc(C)cc2)cc(I)c1O. The first-order chi connectivity index (χ1) is 11.9. The van der Waals surface area contributed by atoms with Gasteiger partial charge < -0.3 is 15.2 Å². The number of phenolic OH excluding ortho intramolecular Hbond substituents is 1. The van der Waals surface area contributed by atoms with Crippen LogP contribution in [-0.4, -0.2) is 17.6 Å². The summed E-state index contributed by atoms with van der Waals surface area (Å²) in [5.41, 5.74) is 2.26. The topological polar surface area (TPSA) is 82.3 Å². The molecule has 0 bridgehead atoms. The van der Waals surface area contributed by atoms with Crippen LogP contribution in [0, 0.1) is 21.8 Å². The average Bonchev–Trinajstić information content (AvgIpc) is 2.59. The van der Waals surface area contributed by atoms with E-state index in [1.54, 1.807) is 24.3 Å². The molecule has 2 rings (SSSR count). The van der Waals surface area contributed by atoms with Crippen molar-refractivity contribution in [3.63, 3.8) is 0 Å². The van der Waals surface area contributed by atoms with E-state index in [1.165, 1.54) is 6.08 Å². The van der Waals surface area contributed by atoms with Crippen molar-refractivity contribution in [1.29, 1.82) is 5.26 Å². The number of aryl methyl sites for hydroxylation is 1. The highest BCUT2D eigenvalue weighted by atomic mass is 127. The maximum atomic E-state index is 12.3. The minimum absolute atomic E-state index is 0.0375. The first-order valence-corrected chi connectivity index (χ1v) is 8.67. The van der Waals surface area contributed by atoms with E-state index in [4.69, 9.17) is 4.74 Å². The van der Waals surface area contributed by atoms with E-state index in [-0.39, 0.29) is 11.3 Å². The van der Waals surface area contributed by atoms with Gasteiger partial charge in [0.25, 0.3) is 5.91 Å². The van der Waals surface area contributed by atoms with Crippen molar-refractivity contribution in [1.82, 2.24) is 0 Å². The molecule has 0 unspecified atom stereocenters. The highest BCUT2D eigenvalue weighted by Crippen LogP contribution is 2.33. The van der Waals surface area contributed by atoms with Crippen molar-refractivity contribution < 1.29 is 14.6 Å². The van der Waals surface area contributed by atoms with Crippen molar-refractivity contribution in [3.05, 3.63) is 56.7 Å². The van der Waals surface area contributed by atoms with Crippen LogP contribution in [0.3, 0.4) is 0 Å². The Morgan fingerprint density at radius 1 is 1.36 bits per heavy atom. The van der Waals surface area contributed by atoms with Crippen LogP contribution < -0.4 is 10.1 Å². The summed E-state index contributed by atoms with van der Waals surface area (Å²) in [7, 11) is 0. The Hall–Kier alpha value is -2.53. The Balaban J connectivity index is 2.29. The Labute approximate surface area is 160 Å². The first kappa shape index (κ1) is 18.8. The Morgan fingerprint density at radius 2 is 2.04 bits per heavy atom. The molecule has 0 spiro atoms. The van der Waals surface area contributed by atoms with Gasteiger partial charge in [0.05, 0.1) is 10.2 Å². The molecule has 0 aliphatic carbocycles. The summed E-state index contributed by atoms with van der Waals surface area (Å²) in [5.74, 6) is -0.133. The second-order valence-corrected chi connectivity index (χ2v) is 6.43. The largest absolute Gasteiger partial charge is 0.504 e. The van der Waals surface area contributed by atoms with Gasteiger partial charge in [-0.05, 0) is 72.3 Å². The lowest BCUT2D eigenvalue weighted by Gasteiger charge is -2.09. The van der Waals surface area contributed by atoms with Crippen molar-refractivity contribution in [2.75, 3.05) is 11.9 Å². The van der Waals surface area contributed by atoms with Gasteiger partial charge in [-0.25, -0.2) is 0 Å². The number of hydrogen-bond acceptors (Lipinski definition) is 4. The number of benzene rings is 2. The number of amides is 1. The smallest absolute Gasteiger partial charge is 0.266 e. The summed E-state index contributed by atoms with van der Waals surface area (Å²) >= 11 is 1.97. The minimum atomic E-state index is -0.493. The first-order valence-electron chi connectivity index (χ1n) is 7.59. The molecule has 0 aromatic heterocycles. The molecule has 2 N–H and O–H groups in total. The number of ether oxygens (including phenoxy) is 1. The molecule has 0 saturated heterocycles. The Bertz CT molecular complexity index is 852. The summed E-state index contributed by atoms with van der Waals surface area (Å²) in [5, 5.41) is 22.0. The Morgan fingerprint density at radius 3 is 2.64 bits per heavy atom. The third-order valence-electron chi connectivity index (χ3n) is 3.34. The lowest BCUT2D eigenvalue weighted by Crippen LogP contribution is -2.13. The predicted molar refractivity (Wildman–Crippen MR) is 105 cm³/mol. The van der Waals surface area contributed by atoms with Crippen LogP contribution in [0.2, 0.25) is 0 Å². The quantitative estimate of drug-likeness (QED) is 0.407. The summed E-state index contributed by atoms with van der Waals surface area (Å²) in [6.45, 7) is 4.16. The van der Waals surface area contributed by atoms with Crippen LogP contribution in [0.5, 0.6) is 11.5 Å². The average molecular weight is 448 g/mol. The van der Waals surface area contributed by atoms with Crippen molar-refractivity contribution >= 4 is 40.3 Å². The fourth-order valence-corrected chi connectivity index (χ4v) is 2.72. The molecule has 0 aliphatic rings. The molecule has 1 amide bonds. The molecule has 0 heterocycles. The molecule has 0 atom stereocenters. The molecule has 0 aliphatic heterocycles. The van der Waals surface area contributed by atoms with E-state index in [9.17, 15) is 15.2 Å². The predicted octanol–water partition coefficient (Wildman–Crippen LogP) is 4.25. The maximum Gasteiger partial charge on any atom is 0.266 e. The van der Waals surface area contributed by atoms with E-state index in [1.807, 2.05) is 54.6 Å². The molecular formula is C19H17IN2O3. The number of carbonyl (C=O) groups is 1. The van der Waals surface area contributed by atoms with Crippen LogP contribution >= 0.6 is 22.6 Å². The highest BCUT2D eigenvalue weighted by Gasteiger charge is 2.12. The van der Waals surface area contributed by atoms with Crippen LogP contribution in [0.25, 0.3) is 6.08 Å². The van der Waals surface area contributed by atoms with Gasteiger partial charge >= 0.3 is 0 Å². The second kappa shape index (κ2) is 8.53. The molecule has 0 saturated carbocycles. The monoisotopic (exact) mass is 448 g/mol. The summed E-state index contributed by atoms with van der Waals surface area (Å²) < 4.78 is 5.95. The zero-order valence-electron chi connectivity index (χ0n) is 13.8. The van der Waals surface area contributed by atoms with Gasteiger partial charge in [-0.3, -0.25) is 4.79 Å². The van der Waals surface area contributed by atoms with Gasteiger partial charge in [0.15, 0.2) is 11.5 Å². The number of nitrogens with zero attached hydrogens (tertiary/aromatic N) is 1. The minimum Gasteiger partial charge on any atom is -0.504 e. The number of aromatic hydroxyl groups is 1. The maximum absolute atomic E-state index is 12.3. The second-order valence-electron chi connectivity index (χ2n) is 5.27. The molecule has 6 heteroatoms. The molecule has 25 heavy (non-hydrogen) atoms. The van der Waals surface area contributed by atoms with Crippen LogP contribution in [0.4, 0.5) is 5.69 Å². The fraction of sp³-hybridized carbons (Fsp3) is 0.158. The summed E-state index contributed by atoms with van der Waals surface area (Å²) in [4.78, 5) is 12.3. The number of phenols is 1. The van der Waals surface area contributed by atoms with Crippen LogP contribution in [0.1, 0.15) is 18.1 Å². The third kappa shape index (κ3) is 4.97. The van der Waals surface area contributed by atoms with Crippen molar-refractivity contribution in [2.45, 2.75) is 13.8 Å². The zero-order chi connectivity index (χ0) is 18.4. The third-order valence-corrected chi connectivity index (χ3v) is 4.16. The van der Waals surface area contributed by atoms with Gasteiger partial charge in [-0.1, -0.05) is 17.7 Å². The summed E-state index contributed by atoms with van der Waals surface area (Å²) in [6, 6.07) is 12.5. The van der Waals surface area contributed by atoms with Crippen molar-refractivity contribution in [3.8, 4) is 17.6 Å². The molecule has 2 aromatic rings. The molecule has 0 radical (unpaired) electrons. The number of anilines is 1. The highest BCUT2D eigenvalue weighted by molar-refractivity contribution is 14.1.